The molecule has 1 N–H and O–H groups in total. The summed E-state index contributed by atoms with van der Waals surface area (Å²) in [6, 6.07) is 8.71. The largest absolute Gasteiger partial charge is 0.492 e. The van der Waals surface area contributed by atoms with E-state index in [1.165, 1.54) is 24.0 Å². The first-order valence-corrected chi connectivity index (χ1v) is 9.70. The van der Waals surface area contributed by atoms with Gasteiger partial charge in [-0.05, 0) is 44.7 Å². The zero-order valence-electron chi connectivity index (χ0n) is 14.9. The van der Waals surface area contributed by atoms with Crippen LogP contribution in [0.4, 0.5) is 0 Å². The maximum atomic E-state index is 10.8. The highest BCUT2D eigenvalue weighted by Gasteiger charge is 2.31. The molecule has 0 spiro atoms. The fourth-order valence-corrected chi connectivity index (χ4v) is 4.93. The summed E-state index contributed by atoms with van der Waals surface area (Å²) in [6.07, 6.45) is 2.47. The van der Waals surface area contributed by atoms with Gasteiger partial charge in [0, 0.05) is 6.54 Å². The van der Waals surface area contributed by atoms with E-state index in [0.717, 1.165) is 22.9 Å². The number of thiazole rings is 1. The van der Waals surface area contributed by atoms with Gasteiger partial charge in [-0.1, -0.05) is 48.1 Å². The quantitative estimate of drug-likeness (QED) is 0.772. The summed E-state index contributed by atoms with van der Waals surface area (Å²) < 4.78 is 1.57. The first-order chi connectivity index (χ1) is 12.0. The van der Waals surface area contributed by atoms with Crippen molar-refractivity contribution in [2.24, 2.45) is 5.92 Å². The molecule has 1 aromatic carbocycles. The van der Waals surface area contributed by atoms with E-state index >= 15 is 0 Å². The minimum Gasteiger partial charge on any atom is -0.492 e. The molecule has 4 rings (SSSR count). The van der Waals surface area contributed by atoms with Crippen LogP contribution in [0.5, 0.6) is 5.88 Å². The molecule has 1 aliphatic rings. The Balaban J connectivity index is 1.81. The van der Waals surface area contributed by atoms with Crippen molar-refractivity contribution in [1.82, 2.24) is 19.5 Å². The highest BCUT2D eigenvalue weighted by Crippen LogP contribution is 2.41. The third-order valence-corrected chi connectivity index (χ3v) is 6.07. The molecule has 0 amide bonds. The molecule has 6 heteroatoms. The summed E-state index contributed by atoms with van der Waals surface area (Å²) in [7, 11) is 0. The minimum absolute atomic E-state index is 0.0529. The van der Waals surface area contributed by atoms with Gasteiger partial charge in [0.05, 0.1) is 10.9 Å². The van der Waals surface area contributed by atoms with Crippen LogP contribution >= 0.6 is 11.3 Å². The summed E-state index contributed by atoms with van der Waals surface area (Å²) in [5.74, 6) is 1.59. The van der Waals surface area contributed by atoms with E-state index in [2.05, 4.69) is 53.1 Å². The second-order valence-corrected chi connectivity index (χ2v) is 8.21. The van der Waals surface area contributed by atoms with Crippen LogP contribution in [0.15, 0.2) is 24.3 Å². The lowest BCUT2D eigenvalue weighted by molar-refractivity contribution is 0.149. The predicted molar refractivity (Wildman–Crippen MR) is 100 cm³/mol. The smallest absolute Gasteiger partial charge is 0.230 e. The molecule has 1 fully saturated rings. The Bertz CT molecular complexity index is 883. The van der Waals surface area contributed by atoms with Crippen LogP contribution in [-0.4, -0.2) is 37.7 Å². The molecule has 132 valence electrons. The van der Waals surface area contributed by atoms with Gasteiger partial charge in [-0.15, -0.1) is 5.10 Å². The summed E-state index contributed by atoms with van der Waals surface area (Å²) in [5, 5.41) is 15.2. The van der Waals surface area contributed by atoms with E-state index < -0.39 is 0 Å². The third kappa shape index (κ3) is 3.04. The van der Waals surface area contributed by atoms with Crippen LogP contribution in [0.25, 0.3) is 4.96 Å². The van der Waals surface area contributed by atoms with E-state index in [-0.39, 0.29) is 11.9 Å². The number of fused-ring (bicyclic) bond motifs is 1. The number of rotatable bonds is 3. The Hall–Kier alpha value is -1.92. The molecule has 2 atom stereocenters. The van der Waals surface area contributed by atoms with E-state index in [4.69, 9.17) is 0 Å². The van der Waals surface area contributed by atoms with Crippen LogP contribution in [0, 0.1) is 19.8 Å². The van der Waals surface area contributed by atoms with Gasteiger partial charge >= 0.3 is 0 Å². The minimum atomic E-state index is 0.0529. The molecule has 1 saturated heterocycles. The van der Waals surface area contributed by atoms with E-state index in [0.29, 0.717) is 11.7 Å². The van der Waals surface area contributed by atoms with Crippen molar-refractivity contribution >= 4 is 16.3 Å². The maximum absolute atomic E-state index is 10.8. The molecule has 1 aliphatic heterocycles. The third-order valence-electron chi connectivity index (χ3n) is 5.00. The average Bonchev–Trinajstić information content (AvgIpc) is 3.08. The van der Waals surface area contributed by atoms with Crippen molar-refractivity contribution < 1.29 is 5.11 Å². The first kappa shape index (κ1) is 16.5. The van der Waals surface area contributed by atoms with Gasteiger partial charge < -0.3 is 5.11 Å². The number of benzene rings is 1. The first-order valence-electron chi connectivity index (χ1n) is 8.88. The van der Waals surface area contributed by atoms with Crippen LogP contribution < -0.4 is 0 Å². The molecule has 0 aliphatic carbocycles. The molecule has 0 unspecified atom stereocenters. The number of nitrogens with zero attached hydrogens (tertiary/aromatic N) is 4. The number of hydrogen-bond donors (Lipinski definition) is 1. The number of aromatic hydroxyl groups is 1. The van der Waals surface area contributed by atoms with Crippen LogP contribution in [0.1, 0.15) is 47.6 Å². The molecular formula is C19H24N4OS. The van der Waals surface area contributed by atoms with Crippen LogP contribution in [-0.2, 0) is 0 Å². The van der Waals surface area contributed by atoms with Crippen LogP contribution in [0.2, 0.25) is 0 Å². The van der Waals surface area contributed by atoms with E-state index in [9.17, 15) is 5.11 Å². The van der Waals surface area contributed by atoms with E-state index in [1.807, 2.05) is 6.92 Å². The molecule has 0 bridgehead atoms. The lowest BCUT2D eigenvalue weighted by atomic mass is 9.95. The predicted octanol–water partition coefficient (Wildman–Crippen LogP) is 3.93. The van der Waals surface area contributed by atoms with Gasteiger partial charge in [0.2, 0.25) is 10.8 Å². The monoisotopic (exact) mass is 356 g/mol. The standard InChI is InChI=1S/C19H24N4OS/c1-12-6-8-15(9-7-12)16(22-10-4-5-13(2)11-22)17-18(24)23-19(25-17)20-14(3)21-23/h6-9,13,16,24H,4-5,10-11H2,1-3H3/t13-,16+/m0/s1. The summed E-state index contributed by atoms with van der Waals surface area (Å²) >= 11 is 1.54. The molecule has 5 nitrogen and oxygen atoms in total. The summed E-state index contributed by atoms with van der Waals surface area (Å²) in [5.41, 5.74) is 2.47. The maximum Gasteiger partial charge on any atom is 0.230 e. The lowest BCUT2D eigenvalue weighted by Gasteiger charge is -2.37. The van der Waals surface area contributed by atoms with Crippen molar-refractivity contribution in [2.45, 2.75) is 39.7 Å². The Labute approximate surface area is 151 Å². The topological polar surface area (TPSA) is 53.7 Å². The van der Waals surface area contributed by atoms with Crippen LogP contribution in [0.3, 0.4) is 0 Å². The molecule has 25 heavy (non-hydrogen) atoms. The van der Waals surface area contributed by atoms with Gasteiger partial charge in [0.1, 0.15) is 5.82 Å². The highest BCUT2D eigenvalue weighted by molar-refractivity contribution is 7.17. The Morgan fingerprint density at radius 2 is 2.00 bits per heavy atom. The van der Waals surface area contributed by atoms with Crippen molar-refractivity contribution in [2.75, 3.05) is 13.1 Å². The van der Waals surface area contributed by atoms with Crippen molar-refractivity contribution in [3.05, 3.63) is 46.1 Å². The van der Waals surface area contributed by atoms with Gasteiger partial charge in [0.15, 0.2) is 0 Å². The van der Waals surface area contributed by atoms with E-state index in [1.54, 1.807) is 15.9 Å². The average molecular weight is 356 g/mol. The molecular weight excluding hydrogens is 332 g/mol. The Kier molecular flexibility index (Phi) is 4.25. The molecule has 0 saturated carbocycles. The molecule has 3 aromatic rings. The van der Waals surface area contributed by atoms with Crippen molar-refractivity contribution in [3.8, 4) is 5.88 Å². The molecule has 0 radical (unpaired) electrons. The fourth-order valence-electron chi connectivity index (χ4n) is 3.76. The summed E-state index contributed by atoms with van der Waals surface area (Å²) in [4.78, 5) is 8.63. The molecule has 3 heterocycles. The normalized spacial score (nSPS) is 20.2. The Morgan fingerprint density at radius 1 is 1.24 bits per heavy atom. The number of aromatic nitrogens is 3. The highest BCUT2D eigenvalue weighted by atomic mass is 32.1. The lowest BCUT2D eigenvalue weighted by Crippen LogP contribution is -2.37. The number of aryl methyl sites for hydroxylation is 2. The van der Waals surface area contributed by atoms with Crippen molar-refractivity contribution in [1.29, 1.82) is 0 Å². The fraction of sp³-hybridized carbons (Fsp3) is 0.474. The zero-order valence-corrected chi connectivity index (χ0v) is 15.8. The summed E-state index contributed by atoms with van der Waals surface area (Å²) in [6.45, 7) is 8.36. The van der Waals surface area contributed by atoms with Gasteiger partial charge in [-0.25, -0.2) is 4.98 Å². The Morgan fingerprint density at radius 3 is 2.68 bits per heavy atom. The number of piperidine rings is 1. The number of hydrogen-bond acceptors (Lipinski definition) is 5. The van der Waals surface area contributed by atoms with Gasteiger partial charge in [0.25, 0.3) is 0 Å². The van der Waals surface area contributed by atoms with Crippen molar-refractivity contribution in [3.63, 3.8) is 0 Å². The van der Waals surface area contributed by atoms with Gasteiger partial charge in [-0.2, -0.15) is 4.52 Å². The second-order valence-electron chi connectivity index (χ2n) is 7.20. The second kappa shape index (κ2) is 6.42. The van der Waals surface area contributed by atoms with Gasteiger partial charge in [-0.3, -0.25) is 4.90 Å². The SMILES string of the molecule is Cc1ccc([C@H](c2sc3nc(C)nn3c2O)N2CCC[C@H](C)C2)cc1. The zero-order chi connectivity index (χ0) is 17.6. The molecule has 2 aromatic heterocycles. The number of likely N-dealkylation sites (tertiary alicyclic amines) is 1.